The molecule has 0 saturated carbocycles. The average Bonchev–Trinajstić information content (AvgIpc) is 2.84. The maximum Gasteiger partial charge on any atom is 0.276 e. The van der Waals surface area contributed by atoms with E-state index >= 15 is 0 Å². The molecule has 0 bridgehead atoms. The van der Waals surface area contributed by atoms with Gasteiger partial charge in [-0.25, -0.2) is 0 Å². The number of hydrogen-bond donors (Lipinski definition) is 3. The van der Waals surface area contributed by atoms with E-state index in [0.717, 1.165) is 5.56 Å². The number of nitrogen functional groups attached to an aromatic ring is 1. The summed E-state index contributed by atoms with van der Waals surface area (Å²) >= 11 is 0. The maximum absolute atomic E-state index is 12.8. The minimum atomic E-state index is -2.17. The molecule has 0 saturated heterocycles. The SMILES string of the molecule is CC(C)c1ccc2c(c1)O[C@@]1(O)c3cccc(N)c3C(=O)C21O. The van der Waals surface area contributed by atoms with E-state index in [1.165, 1.54) is 0 Å². The molecule has 1 heterocycles. The number of carbonyl (C=O) groups is 1. The number of rotatable bonds is 1. The topological polar surface area (TPSA) is 92.8 Å². The van der Waals surface area contributed by atoms with Crippen LogP contribution >= 0.6 is 0 Å². The minimum absolute atomic E-state index is 0.121. The summed E-state index contributed by atoms with van der Waals surface area (Å²) in [6.45, 7) is 4.06. The van der Waals surface area contributed by atoms with Crippen LogP contribution in [0.15, 0.2) is 36.4 Å². The molecule has 0 amide bonds. The lowest BCUT2D eigenvalue weighted by atomic mass is 9.86. The summed E-state index contributed by atoms with van der Waals surface area (Å²) in [6, 6.07) is 9.97. The molecule has 4 rings (SSSR count). The molecular weight excluding hydrogens is 294 g/mol. The van der Waals surface area contributed by atoms with Crippen LogP contribution in [0.3, 0.4) is 0 Å². The van der Waals surface area contributed by atoms with Gasteiger partial charge in [-0.05, 0) is 23.6 Å². The van der Waals surface area contributed by atoms with Gasteiger partial charge >= 0.3 is 0 Å². The monoisotopic (exact) mass is 311 g/mol. The molecule has 1 aliphatic heterocycles. The van der Waals surface area contributed by atoms with Crippen LogP contribution in [0.1, 0.15) is 46.8 Å². The molecule has 0 radical (unpaired) electrons. The van der Waals surface area contributed by atoms with Gasteiger partial charge in [0.2, 0.25) is 11.4 Å². The first-order chi connectivity index (χ1) is 10.8. The highest BCUT2D eigenvalue weighted by Gasteiger charge is 2.70. The highest BCUT2D eigenvalue weighted by atomic mass is 16.7. The summed E-state index contributed by atoms with van der Waals surface area (Å²) in [5.74, 6) is -2.20. The number of fused-ring (bicyclic) bond motifs is 5. The number of ketones is 1. The van der Waals surface area contributed by atoms with Crippen LogP contribution in [0.2, 0.25) is 0 Å². The Balaban J connectivity index is 1.98. The predicted octanol–water partition coefficient (Wildman–Crippen LogP) is 2.01. The van der Waals surface area contributed by atoms with Crippen molar-refractivity contribution in [3.05, 3.63) is 58.7 Å². The number of aliphatic hydroxyl groups is 2. The van der Waals surface area contributed by atoms with Gasteiger partial charge in [0.25, 0.3) is 5.79 Å². The van der Waals surface area contributed by atoms with Crippen LogP contribution in [0.4, 0.5) is 5.69 Å². The van der Waals surface area contributed by atoms with Crippen molar-refractivity contribution in [2.45, 2.75) is 31.2 Å². The van der Waals surface area contributed by atoms with E-state index < -0.39 is 17.2 Å². The number of ether oxygens (including phenoxy) is 1. The van der Waals surface area contributed by atoms with Gasteiger partial charge in [0.15, 0.2) is 0 Å². The van der Waals surface area contributed by atoms with Crippen LogP contribution in [0.25, 0.3) is 0 Å². The molecule has 1 aliphatic carbocycles. The molecule has 1 unspecified atom stereocenters. The van der Waals surface area contributed by atoms with Gasteiger partial charge in [0, 0.05) is 16.8 Å². The molecule has 0 fully saturated rings. The molecular formula is C18H17NO4. The Morgan fingerprint density at radius 1 is 1.13 bits per heavy atom. The van der Waals surface area contributed by atoms with Crippen molar-refractivity contribution in [2.24, 2.45) is 0 Å². The largest absolute Gasteiger partial charge is 0.454 e. The third-order valence-corrected chi connectivity index (χ3v) is 4.83. The first-order valence-electron chi connectivity index (χ1n) is 7.52. The third kappa shape index (κ3) is 1.46. The van der Waals surface area contributed by atoms with E-state index in [-0.39, 0.29) is 28.3 Å². The molecule has 4 N–H and O–H groups in total. The molecule has 2 aromatic rings. The van der Waals surface area contributed by atoms with Crippen LogP contribution in [-0.4, -0.2) is 16.0 Å². The third-order valence-electron chi connectivity index (χ3n) is 4.83. The van der Waals surface area contributed by atoms with Crippen molar-refractivity contribution < 1.29 is 19.7 Å². The number of carbonyl (C=O) groups excluding carboxylic acids is 1. The quantitative estimate of drug-likeness (QED) is 0.701. The molecule has 2 atom stereocenters. The second-order valence-corrected chi connectivity index (χ2v) is 6.47. The van der Waals surface area contributed by atoms with Gasteiger partial charge in [0.05, 0.1) is 5.56 Å². The fourth-order valence-electron chi connectivity index (χ4n) is 3.51. The van der Waals surface area contributed by atoms with E-state index in [9.17, 15) is 15.0 Å². The highest BCUT2D eigenvalue weighted by Crippen LogP contribution is 2.59. The minimum Gasteiger partial charge on any atom is -0.454 e. The maximum atomic E-state index is 12.8. The Bertz CT molecular complexity index is 860. The zero-order chi connectivity index (χ0) is 16.6. The lowest BCUT2D eigenvalue weighted by Gasteiger charge is -2.28. The lowest BCUT2D eigenvalue weighted by Crippen LogP contribution is -2.48. The zero-order valence-corrected chi connectivity index (χ0v) is 12.8. The van der Waals surface area contributed by atoms with Crippen molar-refractivity contribution in [1.29, 1.82) is 0 Å². The van der Waals surface area contributed by atoms with Gasteiger partial charge < -0.3 is 20.7 Å². The van der Waals surface area contributed by atoms with Gasteiger partial charge in [0.1, 0.15) is 5.75 Å². The molecule has 0 aromatic heterocycles. The molecule has 5 nitrogen and oxygen atoms in total. The fraction of sp³-hybridized carbons (Fsp3) is 0.278. The number of anilines is 1. The van der Waals surface area contributed by atoms with Gasteiger partial charge in [-0.3, -0.25) is 4.79 Å². The normalized spacial score (nSPS) is 27.6. The number of benzene rings is 2. The van der Waals surface area contributed by atoms with E-state index in [4.69, 9.17) is 10.5 Å². The van der Waals surface area contributed by atoms with E-state index in [2.05, 4.69) is 0 Å². The fourth-order valence-corrected chi connectivity index (χ4v) is 3.51. The smallest absolute Gasteiger partial charge is 0.276 e. The van der Waals surface area contributed by atoms with E-state index in [0.29, 0.717) is 5.75 Å². The Morgan fingerprint density at radius 3 is 2.57 bits per heavy atom. The summed E-state index contributed by atoms with van der Waals surface area (Å²) in [6.07, 6.45) is 0. The summed E-state index contributed by atoms with van der Waals surface area (Å²) in [7, 11) is 0. The van der Waals surface area contributed by atoms with Crippen LogP contribution < -0.4 is 10.5 Å². The highest BCUT2D eigenvalue weighted by molar-refractivity contribution is 6.12. The van der Waals surface area contributed by atoms with E-state index in [1.54, 1.807) is 30.3 Å². The van der Waals surface area contributed by atoms with Gasteiger partial charge in [-0.1, -0.05) is 38.1 Å². The zero-order valence-electron chi connectivity index (χ0n) is 12.8. The second kappa shape index (κ2) is 4.13. The van der Waals surface area contributed by atoms with Crippen LogP contribution in [0.5, 0.6) is 5.75 Å². The molecule has 23 heavy (non-hydrogen) atoms. The first-order valence-corrected chi connectivity index (χ1v) is 7.52. The summed E-state index contributed by atoms with van der Waals surface area (Å²) in [5.41, 5.74) is 5.50. The molecule has 0 spiro atoms. The van der Waals surface area contributed by atoms with E-state index in [1.807, 2.05) is 19.9 Å². The van der Waals surface area contributed by atoms with Gasteiger partial charge in [-0.15, -0.1) is 0 Å². The van der Waals surface area contributed by atoms with Crippen molar-refractivity contribution in [3.8, 4) is 5.75 Å². The standard InChI is InChI=1S/C18H17NO4/c1-9(2)10-6-7-11-14(8-10)23-18(22)12-4-3-5-13(19)15(12)16(20)17(11,18)21/h3-9,21-22H,19H2,1-2H3/t17?,18-/m0/s1. The lowest BCUT2D eigenvalue weighted by molar-refractivity contribution is -0.224. The Labute approximate surface area is 133 Å². The van der Waals surface area contributed by atoms with Crippen LogP contribution in [-0.2, 0) is 11.4 Å². The number of hydrogen-bond acceptors (Lipinski definition) is 5. The molecule has 5 heteroatoms. The van der Waals surface area contributed by atoms with Crippen molar-refractivity contribution in [1.82, 2.24) is 0 Å². The predicted molar refractivity (Wildman–Crippen MR) is 84.1 cm³/mol. The van der Waals surface area contributed by atoms with Crippen molar-refractivity contribution in [2.75, 3.05) is 5.73 Å². The average molecular weight is 311 g/mol. The summed E-state index contributed by atoms with van der Waals surface area (Å²) in [4.78, 5) is 12.8. The number of nitrogens with two attached hydrogens (primary N) is 1. The van der Waals surface area contributed by atoms with Crippen molar-refractivity contribution >= 4 is 11.5 Å². The first kappa shape index (κ1) is 14.2. The summed E-state index contributed by atoms with van der Waals surface area (Å²) < 4.78 is 5.69. The Hall–Kier alpha value is -2.37. The molecule has 2 aliphatic rings. The number of Topliss-reactive ketones (excluding diaryl/α,β-unsaturated/α-hetero) is 1. The van der Waals surface area contributed by atoms with Crippen molar-refractivity contribution in [3.63, 3.8) is 0 Å². The molecule has 118 valence electrons. The Morgan fingerprint density at radius 2 is 1.87 bits per heavy atom. The second-order valence-electron chi connectivity index (χ2n) is 6.47. The molecule has 2 aromatic carbocycles. The van der Waals surface area contributed by atoms with Gasteiger partial charge in [-0.2, -0.15) is 0 Å². The summed E-state index contributed by atoms with van der Waals surface area (Å²) in [5, 5.41) is 22.1. The Kier molecular flexibility index (Phi) is 2.55. The van der Waals surface area contributed by atoms with Crippen LogP contribution in [0, 0.1) is 0 Å².